The lowest BCUT2D eigenvalue weighted by Crippen LogP contribution is -2.26. The van der Waals surface area contributed by atoms with Crippen molar-refractivity contribution in [2.75, 3.05) is 0 Å². The number of amides is 1. The molecule has 0 saturated carbocycles. The second-order valence-corrected chi connectivity index (χ2v) is 7.72. The van der Waals surface area contributed by atoms with Gasteiger partial charge in [-0.05, 0) is 37.6 Å². The zero-order valence-corrected chi connectivity index (χ0v) is 15.5. The molecule has 1 aromatic heterocycles. The molecular weight excluding hydrogens is 350 g/mol. The number of fused-ring (bicyclic) bond motifs is 1. The first-order chi connectivity index (χ1) is 12.3. The highest BCUT2D eigenvalue weighted by atomic mass is 32.2. The summed E-state index contributed by atoms with van der Waals surface area (Å²) in [5, 5.41) is 8.98. The molecule has 0 radical (unpaired) electrons. The Morgan fingerprint density at radius 2 is 1.81 bits per heavy atom. The molecule has 3 rings (SSSR count). The van der Waals surface area contributed by atoms with E-state index in [2.05, 4.69) is 5.32 Å². The SMILES string of the molecule is CCn1cc(C(=O)NC(C)c2ccc(S(N)(=O)=O)cc2)c2ccccc21. The fourth-order valence-electron chi connectivity index (χ4n) is 2.99. The molecule has 0 aliphatic heterocycles. The number of carbonyl (C=O) groups is 1. The number of aryl methyl sites for hydroxylation is 1. The summed E-state index contributed by atoms with van der Waals surface area (Å²) in [6.45, 7) is 4.66. The first-order valence-corrected chi connectivity index (χ1v) is 9.87. The number of hydrogen-bond acceptors (Lipinski definition) is 3. The summed E-state index contributed by atoms with van der Waals surface area (Å²) in [5.41, 5.74) is 2.44. The maximum Gasteiger partial charge on any atom is 0.253 e. The molecule has 2 aromatic carbocycles. The van der Waals surface area contributed by atoms with Crippen molar-refractivity contribution in [3.8, 4) is 0 Å². The van der Waals surface area contributed by atoms with E-state index >= 15 is 0 Å². The highest BCUT2D eigenvalue weighted by Crippen LogP contribution is 2.23. The molecule has 0 spiro atoms. The number of nitrogens with two attached hydrogens (primary N) is 1. The van der Waals surface area contributed by atoms with E-state index in [4.69, 9.17) is 5.14 Å². The number of carbonyl (C=O) groups excluding carboxylic acids is 1. The van der Waals surface area contributed by atoms with Crippen LogP contribution in [0.1, 0.15) is 35.8 Å². The second kappa shape index (κ2) is 6.93. The topological polar surface area (TPSA) is 94.2 Å². The van der Waals surface area contributed by atoms with Crippen molar-refractivity contribution in [1.29, 1.82) is 0 Å². The van der Waals surface area contributed by atoms with Crippen LogP contribution in [-0.2, 0) is 16.6 Å². The van der Waals surface area contributed by atoms with Gasteiger partial charge in [-0.25, -0.2) is 13.6 Å². The number of aromatic nitrogens is 1. The molecule has 0 aliphatic rings. The van der Waals surface area contributed by atoms with Gasteiger partial charge < -0.3 is 9.88 Å². The van der Waals surface area contributed by atoms with Crippen LogP contribution >= 0.6 is 0 Å². The average Bonchev–Trinajstić information content (AvgIpc) is 3.00. The Morgan fingerprint density at radius 1 is 1.15 bits per heavy atom. The predicted octanol–water partition coefficient (Wildman–Crippen LogP) is 2.80. The van der Waals surface area contributed by atoms with Gasteiger partial charge in [-0.2, -0.15) is 0 Å². The molecule has 1 unspecified atom stereocenters. The molecule has 7 heteroatoms. The van der Waals surface area contributed by atoms with Gasteiger partial charge in [0, 0.05) is 23.6 Å². The van der Waals surface area contributed by atoms with Crippen LogP contribution in [0.5, 0.6) is 0 Å². The van der Waals surface area contributed by atoms with Crippen molar-refractivity contribution >= 4 is 26.8 Å². The number of rotatable bonds is 5. The second-order valence-electron chi connectivity index (χ2n) is 6.16. The highest BCUT2D eigenvalue weighted by Gasteiger charge is 2.17. The molecule has 1 atom stereocenters. The first kappa shape index (κ1) is 18.2. The quantitative estimate of drug-likeness (QED) is 0.722. The lowest BCUT2D eigenvalue weighted by atomic mass is 10.1. The van der Waals surface area contributed by atoms with Crippen molar-refractivity contribution in [2.24, 2.45) is 5.14 Å². The minimum Gasteiger partial charge on any atom is -0.347 e. The van der Waals surface area contributed by atoms with Crippen LogP contribution in [0, 0.1) is 0 Å². The monoisotopic (exact) mass is 371 g/mol. The van der Waals surface area contributed by atoms with Gasteiger partial charge in [0.2, 0.25) is 10.0 Å². The van der Waals surface area contributed by atoms with Crippen molar-refractivity contribution in [3.05, 3.63) is 65.9 Å². The number of primary sulfonamides is 1. The molecule has 6 nitrogen and oxygen atoms in total. The van der Waals surface area contributed by atoms with Crippen LogP contribution in [0.4, 0.5) is 0 Å². The number of benzene rings is 2. The third kappa shape index (κ3) is 3.49. The standard InChI is InChI=1S/C19H21N3O3S/c1-3-22-12-17(16-6-4-5-7-18(16)22)19(23)21-13(2)14-8-10-15(11-9-14)26(20,24)25/h4-13H,3H2,1-2H3,(H,21,23)(H2,20,24,25). The van der Waals surface area contributed by atoms with Crippen LogP contribution in [0.25, 0.3) is 10.9 Å². The lowest BCUT2D eigenvalue weighted by molar-refractivity contribution is 0.0941. The van der Waals surface area contributed by atoms with Crippen molar-refractivity contribution in [2.45, 2.75) is 31.3 Å². The van der Waals surface area contributed by atoms with E-state index in [0.29, 0.717) is 5.56 Å². The van der Waals surface area contributed by atoms with Crippen molar-refractivity contribution < 1.29 is 13.2 Å². The number of hydrogen-bond donors (Lipinski definition) is 2. The summed E-state index contributed by atoms with van der Waals surface area (Å²) in [6.07, 6.45) is 1.86. The first-order valence-electron chi connectivity index (χ1n) is 8.32. The number of nitrogens with zero attached hydrogens (tertiary/aromatic N) is 1. The van der Waals surface area contributed by atoms with Gasteiger partial charge in [0.05, 0.1) is 16.5 Å². The maximum absolute atomic E-state index is 12.8. The number of para-hydroxylation sites is 1. The van der Waals surface area contributed by atoms with Crippen LogP contribution in [-0.4, -0.2) is 18.9 Å². The molecule has 1 heterocycles. The minimum absolute atomic E-state index is 0.0470. The Hall–Kier alpha value is -2.64. The van der Waals surface area contributed by atoms with Crippen LogP contribution < -0.4 is 10.5 Å². The maximum atomic E-state index is 12.8. The normalized spacial score (nSPS) is 12.9. The third-order valence-electron chi connectivity index (χ3n) is 4.43. The van der Waals surface area contributed by atoms with Gasteiger partial charge in [-0.15, -0.1) is 0 Å². The summed E-state index contributed by atoms with van der Waals surface area (Å²) in [7, 11) is -3.73. The van der Waals surface area contributed by atoms with Crippen LogP contribution in [0.15, 0.2) is 59.6 Å². The van der Waals surface area contributed by atoms with E-state index in [0.717, 1.165) is 23.0 Å². The summed E-state index contributed by atoms with van der Waals surface area (Å²) in [6, 6.07) is 13.7. The average molecular weight is 371 g/mol. The highest BCUT2D eigenvalue weighted by molar-refractivity contribution is 7.89. The molecule has 26 heavy (non-hydrogen) atoms. The van der Waals surface area contributed by atoms with Gasteiger partial charge in [-0.1, -0.05) is 30.3 Å². The summed E-state index contributed by atoms with van der Waals surface area (Å²) in [4.78, 5) is 12.8. The van der Waals surface area contributed by atoms with E-state index in [9.17, 15) is 13.2 Å². The van der Waals surface area contributed by atoms with E-state index in [1.807, 2.05) is 48.9 Å². The zero-order valence-electron chi connectivity index (χ0n) is 14.6. The number of sulfonamides is 1. The molecule has 0 saturated heterocycles. The third-order valence-corrected chi connectivity index (χ3v) is 5.36. The van der Waals surface area contributed by atoms with E-state index < -0.39 is 10.0 Å². The minimum atomic E-state index is -3.73. The molecule has 1 amide bonds. The Labute approximate surface area is 152 Å². The Morgan fingerprint density at radius 3 is 2.42 bits per heavy atom. The van der Waals surface area contributed by atoms with Crippen molar-refractivity contribution in [1.82, 2.24) is 9.88 Å². The van der Waals surface area contributed by atoms with Gasteiger partial charge in [0.25, 0.3) is 5.91 Å². The smallest absolute Gasteiger partial charge is 0.253 e. The molecule has 0 aliphatic carbocycles. The molecule has 0 fully saturated rings. The predicted molar refractivity (Wildman–Crippen MR) is 101 cm³/mol. The molecular formula is C19H21N3O3S. The Balaban J connectivity index is 1.84. The summed E-state index contributed by atoms with van der Waals surface area (Å²) >= 11 is 0. The van der Waals surface area contributed by atoms with Gasteiger partial charge in [-0.3, -0.25) is 4.79 Å². The fourth-order valence-corrected chi connectivity index (χ4v) is 3.51. The largest absolute Gasteiger partial charge is 0.347 e. The molecule has 136 valence electrons. The van der Waals surface area contributed by atoms with Crippen LogP contribution in [0.2, 0.25) is 0 Å². The Kier molecular flexibility index (Phi) is 4.84. The lowest BCUT2D eigenvalue weighted by Gasteiger charge is -2.14. The molecule has 0 bridgehead atoms. The zero-order chi connectivity index (χ0) is 18.9. The molecule has 3 aromatic rings. The molecule has 3 N–H and O–H groups in total. The van der Waals surface area contributed by atoms with Gasteiger partial charge in [0.1, 0.15) is 0 Å². The van der Waals surface area contributed by atoms with Gasteiger partial charge in [0.15, 0.2) is 0 Å². The Bertz CT molecular complexity index is 1050. The van der Waals surface area contributed by atoms with Crippen molar-refractivity contribution in [3.63, 3.8) is 0 Å². The van der Waals surface area contributed by atoms with E-state index in [1.165, 1.54) is 12.1 Å². The van der Waals surface area contributed by atoms with Crippen LogP contribution in [0.3, 0.4) is 0 Å². The van der Waals surface area contributed by atoms with Gasteiger partial charge >= 0.3 is 0 Å². The van der Waals surface area contributed by atoms with E-state index in [1.54, 1.807) is 12.1 Å². The fraction of sp³-hybridized carbons (Fsp3) is 0.211. The van der Waals surface area contributed by atoms with E-state index in [-0.39, 0.29) is 16.8 Å². The number of nitrogens with one attached hydrogen (secondary N) is 1. The summed E-state index contributed by atoms with van der Waals surface area (Å²) in [5.74, 6) is -0.170. The summed E-state index contributed by atoms with van der Waals surface area (Å²) < 4.78 is 24.7.